The predicted molar refractivity (Wildman–Crippen MR) is 85.0 cm³/mol. The molecule has 0 saturated carbocycles. The fraction of sp³-hybridized carbons (Fsp3) is 0.235. The van der Waals surface area contributed by atoms with Gasteiger partial charge in [0.2, 0.25) is 0 Å². The van der Waals surface area contributed by atoms with Crippen LogP contribution in [0.1, 0.15) is 32.0 Å². The standard InChI is InChI=1S/C17H16N4O2/c1-17(2,3)23-16(22)20-10-8-13(12-20)6-7-14-11-18-15-5-4-9-19-21(14)15/h4-5,8-12H,1-3H3. The summed E-state index contributed by atoms with van der Waals surface area (Å²) >= 11 is 0. The van der Waals surface area contributed by atoms with Gasteiger partial charge in [-0.25, -0.2) is 14.3 Å². The molecular formula is C17H16N4O2. The number of rotatable bonds is 0. The summed E-state index contributed by atoms with van der Waals surface area (Å²) in [5, 5.41) is 4.20. The topological polar surface area (TPSA) is 61.4 Å². The number of fused-ring (bicyclic) bond motifs is 1. The molecule has 0 aliphatic rings. The monoisotopic (exact) mass is 308 g/mol. The van der Waals surface area contributed by atoms with Gasteiger partial charge in [0.25, 0.3) is 0 Å². The van der Waals surface area contributed by atoms with Crippen molar-refractivity contribution in [2.45, 2.75) is 26.4 Å². The van der Waals surface area contributed by atoms with Crippen molar-refractivity contribution in [2.75, 3.05) is 0 Å². The van der Waals surface area contributed by atoms with Crippen LogP contribution in [0.2, 0.25) is 0 Å². The Kier molecular flexibility index (Phi) is 3.62. The van der Waals surface area contributed by atoms with Crippen LogP contribution in [-0.2, 0) is 4.74 Å². The van der Waals surface area contributed by atoms with Crippen LogP contribution in [0.15, 0.2) is 43.0 Å². The molecule has 0 unspecified atom stereocenters. The third-order valence-corrected chi connectivity index (χ3v) is 2.91. The van der Waals surface area contributed by atoms with E-state index in [4.69, 9.17) is 4.74 Å². The third kappa shape index (κ3) is 3.40. The van der Waals surface area contributed by atoms with Crippen LogP contribution in [0.3, 0.4) is 0 Å². The van der Waals surface area contributed by atoms with Gasteiger partial charge < -0.3 is 4.74 Å². The Hall–Kier alpha value is -3.07. The lowest BCUT2D eigenvalue weighted by molar-refractivity contribution is 0.0537. The Morgan fingerprint density at radius 2 is 2.09 bits per heavy atom. The summed E-state index contributed by atoms with van der Waals surface area (Å²) in [4.78, 5) is 16.2. The molecule has 0 spiro atoms. The highest BCUT2D eigenvalue weighted by Gasteiger charge is 2.17. The summed E-state index contributed by atoms with van der Waals surface area (Å²) < 4.78 is 8.34. The zero-order valence-electron chi connectivity index (χ0n) is 13.1. The van der Waals surface area contributed by atoms with Crippen molar-refractivity contribution in [2.24, 2.45) is 0 Å². The number of nitrogens with zero attached hydrogens (tertiary/aromatic N) is 4. The van der Waals surface area contributed by atoms with Crippen LogP contribution in [0.5, 0.6) is 0 Å². The summed E-state index contributed by atoms with van der Waals surface area (Å²) in [5.41, 5.74) is 1.60. The van der Waals surface area contributed by atoms with Crippen molar-refractivity contribution >= 4 is 11.7 Å². The molecule has 3 rings (SSSR count). The number of hydrogen-bond donors (Lipinski definition) is 0. The fourth-order valence-corrected chi connectivity index (χ4v) is 1.95. The smallest absolute Gasteiger partial charge is 0.418 e. The minimum Gasteiger partial charge on any atom is -0.443 e. The SMILES string of the molecule is CC(C)(C)OC(=O)n1ccc(C#Cc2cnc3cccnn23)c1. The number of aromatic nitrogens is 4. The summed E-state index contributed by atoms with van der Waals surface area (Å²) in [6.45, 7) is 5.48. The molecule has 3 heterocycles. The molecule has 0 fully saturated rings. The molecule has 23 heavy (non-hydrogen) atoms. The lowest BCUT2D eigenvalue weighted by atomic mass is 10.2. The van der Waals surface area contributed by atoms with Crippen molar-refractivity contribution in [3.8, 4) is 11.8 Å². The number of imidazole rings is 1. The van der Waals surface area contributed by atoms with Crippen molar-refractivity contribution in [1.82, 2.24) is 19.2 Å². The van der Waals surface area contributed by atoms with Crippen LogP contribution < -0.4 is 0 Å². The van der Waals surface area contributed by atoms with E-state index in [1.54, 1.807) is 35.4 Å². The molecule has 0 saturated heterocycles. The highest BCUT2D eigenvalue weighted by atomic mass is 16.6. The Morgan fingerprint density at radius 3 is 2.87 bits per heavy atom. The summed E-state index contributed by atoms with van der Waals surface area (Å²) in [6, 6.07) is 5.44. The highest BCUT2D eigenvalue weighted by molar-refractivity contribution is 5.71. The Labute approximate surface area is 133 Å². The largest absolute Gasteiger partial charge is 0.443 e. The van der Waals surface area contributed by atoms with Gasteiger partial charge in [0.15, 0.2) is 5.65 Å². The first kappa shape index (κ1) is 14.9. The van der Waals surface area contributed by atoms with Crippen molar-refractivity contribution in [3.63, 3.8) is 0 Å². The number of hydrogen-bond acceptors (Lipinski definition) is 4. The lowest BCUT2D eigenvalue weighted by Crippen LogP contribution is -2.26. The second-order valence-electron chi connectivity index (χ2n) is 5.97. The van der Waals surface area contributed by atoms with Crippen LogP contribution >= 0.6 is 0 Å². The van der Waals surface area contributed by atoms with E-state index in [0.29, 0.717) is 11.3 Å². The van der Waals surface area contributed by atoms with Gasteiger partial charge in [-0.3, -0.25) is 4.57 Å². The second-order valence-corrected chi connectivity index (χ2v) is 5.97. The first-order valence-corrected chi connectivity index (χ1v) is 7.14. The number of carbonyl (C=O) groups is 1. The van der Waals surface area contributed by atoms with Gasteiger partial charge in [0.1, 0.15) is 11.3 Å². The van der Waals surface area contributed by atoms with Crippen molar-refractivity contribution in [1.29, 1.82) is 0 Å². The van der Waals surface area contributed by atoms with Gasteiger partial charge >= 0.3 is 6.09 Å². The van der Waals surface area contributed by atoms with Gasteiger partial charge in [-0.05, 0) is 44.9 Å². The average Bonchev–Trinajstić information content (AvgIpc) is 3.10. The maximum Gasteiger partial charge on any atom is 0.418 e. The molecule has 0 bridgehead atoms. The molecule has 3 aromatic heterocycles. The molecule has 6 nitrogen and oxygen atoms in total. The molecule has 0 amide bonds. The van der Waals surface area contributed by atoms with Gasteiger partial charge in [0.05, 0.1) is 6.20 Å². The van der Waals surface area contributed by atoms with Crippen molar-refractivity contribution in [3.05, 3.63) is 54.2 Å². The van der Waals surface area contributed by atoms with E-state index in [1.165, 1.54) is 4.57 Å². The van der Waals surface area contributed by atoms with Crippen LogP contribution in [0, 0.1) is 11.8 Å². The van der Waals surface area contributed by atoms with E-state index >= 15 is 0 Å². The van der Waals surface area contributed by atoms with Crippen LogP contribution in [-0.4, -0.2) is 30.9 Å². The van der Waals surface area contributed by atoms with Crippen LogP contribution in [0.4, 0.5) is 4.79 Å². The first-order chi connectivity index (χ1) is 10.9. The second kappa shape index (κ2) is 5.61. The molecule has 6 heteroatoms. The van der Waals surface area contributed by atoms with Gasteiger partial charge in [-0.1, -0.05) is 5.92 Å². The average molecular weight is 308 g/mol. The fourth-order valence-electron chi connectivity index (χ4n) is 1.95. The van der Waals surface area contributed by atoms with E-state index in [0.717, 1.165) is 5.65 Å². The maximum atomic E-state index is 11.9. The molecule has 3 aromatic rings. The highest BCUT2D eigenvalue weighted by Crippen LogP contribution is 2.10. The third-order valence-electron chi connectivity index (χ3n) is 2.91. The molecule has 0 aliphatic carbocycles. The van der Waals surface area contributed by atoms with E-state index in [9.17, 15) is 4.79 Å². The quantitative estimate of drug-likeness (QED) is 0.599. The Morgan fingerprint density at radius 1 is 1.26 bits per heavy atom. The molecule has 0 aromatic carbocycles. The molecule has 116 valence electrons. The Balaban J connectivity index is 1.81. The molecular weight excluding hydrogens is 292 g/mol. The molecule has 0 N–H and O–H groups in total. The van der Waals surface area contributed by atoms with Crippen LogP contribution in [0.25, 0.3) is 5.65 Å². The minimum atomic E-state index is -0.532. The summed E-state index contributed by atoms with van der Waals surface area (Å²) in [5.74, 6) is 6.00. The zero-order chi connectivity index (χ0) is 16.4. The molecule has 0 aliphatic heterocycles. The van der Waals surface area contributed by atoms with E-state index in [-0.39, 0.29) is 0 Å². The van der Waals surface area contributed by atoms with E-state index in [2.05, 4.69) is 21.9 Å². The van der Waals surface area contributed by atoms with Gasteiger partial charge in [0, 0.05) is 24.2 Å². The van der Waals surface area contributed by atoms with E-state index in [1.807, 2.05) is 32.9 Å². The summed E-state index contributed by atoms with van der Waals surface area (Å²) in [6.07, 6.45) is 6.18. The summed E-state index contributed by atoms with van der Waals surface area (Å²) in [7, 11) is 0. The maximum absolute atomic E-state index is 11.9. The Bertz CT molecular complexity index is 919. The predicted octanol–water partition coefficient (Wildman–Crippen LogP) is 2.71. The number of ether oxygens (including phenoxy) is 1. The van der Waals surface area contributed by atoms with Crippen molar-refractivity contribution < 1.29 is 9.53 Å². The van der Waals surface area contributed by atoms with Gasteiger partial charge in [-0.2, -0.15) is 5.10 Å². The molecule has 0 atom stereocenters. The van der Waals surface area contributed by atoms with Gasteiger partial charge in [-0.15, -0.1) is 0 Å². The first-order valence-electron chi connectivity index (χ1n) is 7.14. The van der Waals surface area contributed by atoms with E-state index < -0.39 is 11.7 Å². The normalized spacial score (nSPS) is 11.1. The minimum absolute atomic E-state index is 0.429. The lowest BCUT2D eigenvalue weighted by Gasteiger charge is -2.19. The zero-order valence-corrected chi connectivity index (χ0v) is 13.1. The molecule has 0 radical (unpaired) electrons. The number of carbonyl (C=O) groups excluding carboxylic acids is 1.